The number of hydrogen-bond acceptors (Lipinski definition) is 2. The fraction of sp³-hybridized carbons (Fsp3) is 0.375. The molecule has 0 fully saturated rings. The van der Waals surface area contributed by atoms with Crippen molar-refractivity contribution >= 4 is 45.3 Å². The molecule has 1 aromatic heterocycles. The molecular weight excluding hydrogens is 419 g/mol. The van der Waals surface area contributed by atoms with Gasteiger partial charge < -0.3 is 0 Å². The number of fused-ring (bicyclic) bond motifs is 6. The van der Waals surface area contributed by atoms with Gasteiger partial charge in [-0.15, -0.1) is 0 Å². The Hall–Kier alpha value is -0.421. The first-order chi connectivity index (χ1) is 9.47. The predicted molar refractivity (Wildman–Crippen MR) is 88.9 cm³/mol. The van der Waals surface area contributed by atoms with Gasteiger partial charge in [0.25, 0.3) is 0 Å². The minimum atomic E-state index is -2.08. The molecule has 4 heteroatoms. The molecule has 2 nitrogen and oxygen atoms in total. The summed E-state index contributed by atoms with van der Waals surface area (Å²) < 4.78 is 3.17. The van der Waals surface area contributed by atoms with E-state index in [-0.39, 0.29) is 0 Å². The van der Waals surface area contributed by atoms with Crippen LogP contribution in [0.4, 0.5) is 0 Å². The summed E-state index contributed by atoms with van der Waals surface area (Å²) in [4.78, 5) is 17.4. The van der Waals surface area contributed by atoms with E-state index in [2.05, 4.69) is 42.9 Å². The van der Waals surface area contributed by atoms with Gasteiger partial charge in [0, 0.05) is 0 Å². The molecule has 2 aliphatic rings. The SMILES string of the molecule is [CH3][Sn]([CH3])([CH3])[C]1=C(Br)[C@H]2C[C@@H]1c1nc3ccccc3nc12. The van der Waals surface area contributed by atoms with Crippen LogP contribution in [0, 0.1) is 0 Å². The van der Waals surface area contributed by atoms with Crippen molar-refractivity contribution in [1.82, 2.24) is 9.97 Å². The van der Waals surface area contributed by atoms with Gasteiger partial charge in [-0.05, 0) is 0 Å². The van der Waals surface area contributed by atoms with Crippen molar-refractivity contribution in [3.05, 3.63) is 43.7 Å². The van der Waals surface area contributed by atoms with Crippen molar-refractivity contribution in [2.75, 3.05) is 0 Å². The van der Waals surface area contributed by atoms with Crippen LogP contribution in [0.15, 0.2) is 32.3 Å². The number of aromatic nitrogens is 2. The van der Waals surface area contributed by atoms with Crippen LogP contribution in [0.1, 0.15) is 29.6 Å². The Morgan fingerprint density at radius 3 is 2.10 bits per heavy atom. The van der Waals surface area contributed by atoms with Crippen LogP contribution in [0.5, 0.6) is 0 Å². The number of hydrogen-bond donors (Lipinski definition) is 0. The Bertz CT molecular complexity index is 761. The maximum atomic E-state index is 4.95. The van der Waals surface area contributed by atoms with E-state index in [9.17, 15) is 0 Å². The van der Waals surface area contributed by atoms with Crippen LogP contribution in [-0.2, 0) is 0 Å². The minimum absolute atomic E-state index is 0.470. The molecular formula is C16H17BrN2Sn. The quantitative estimate of drug-likeness (QED) is 0.604. The van der Waals surface area contributed by atoms with E-state index in [1.165, 1.54) is 22.3 Å². The van der Waals surface area contributed by atoms with E-state index in [1.807, 2.05) is 12.1 Å². The number of para-hydroxylation sites is 2. The van der Waals surface area contributed by atoms with Crippen LogP contribution >= 0.6 is 15.9 Å². The average molecular weight is 436 g/mol. The maximum absolute atomic E-state index is 4.95. The summed E-state index contributed by atoms with van der Waals surface area (Å²) in [5.74, 6) is 1.01. The number of halogens is 1. The van der Waals surface area contributed by atoms with E-state index in [4.69, 9.17) is 9.97 Å². The molecule has 102 valence electrons. The molecule has 0 unspecified atom stereocenters. The van der Waals surface area contributed by atoms with Gasteiger partial charge >= 0.3 is 132 Å². The number of benzene rings is 1. The zero-order chi connectivity index (χ0) is 14.1. The molecule has 0 aliphatic heterocycles. The van der Waals surface area contributed by atoms with Crippen LogP contribution in [0.25, 0.3) is 11.0 Å². The van der Waals surface area contributed by atoms with Gasteiger partial charge in [0.1, 0.15) is 0 Å². The van der Waals surface area contributed by atoms with Crippen molar-refractivity contribution in [3.63, 3.8) is 0 Å². The molecule has 0 amide bonds. The Kier molecular flexibility index (Phi) is 2.84. The summed E-state index contributed by atoms with van der Waals surface area (Å²) in [6.07, 6.45) is 1.19. The van der Waals surface area contributed by atoms with Gasteiger partial charge in [-0.3, -0.25) is 0 Å². The van der Waals surface area contributed by atoms with Crippen molar-refractivity contribution in [3.8, 4) is 0 Å². The first kappa shape index (κ1) is 13.3. The van der Waals surface area contributed by atoms with Crippen molar-refractivity contribution in [1.29, 1.82) is 0 Å². The van der Waals surface area contributed by atoms with E-state index in [0.717, 1.165) is 11.0 Å². The molecule has 0 saturated heterocycles. The van der Waals surface area contributed by atoms with Crippen molar-refractivity contribution < 1.29 is 0 Å². The van der Waals surface area contributed by atoms with Gasteiger partial charge in [0.05, 0.1) is 0 Å². The van der Waals surface area contributed by atoms with E-state index in [1.54, 1.807) is 3.59 Å². The first-order valence-corrected chi connectivity index (χ1v) is 17.9. The molecule has 1 aromatic carbocycles. The van der Waals surface area contributed by atoms with Gasteiger partial charge in [-0.1, -0.05) is 0 Å². The molecule has 0 N–H and O–H groups in total. The molecule has 2 bridgehead atoms. The molecule has 2 atom stereocenters. The Balaban J connectivity index is 1.95. The van der Waals surface area contributed by atoms with Gasteiger partial charge in [0.15, 0.2) is 0 Å². The number of allylic oxidation sites excluding steroid dienone is 2. The molecule has 4 rings (SSSR count). The third-order valence-electron chi connectivity index (χ3n) is 4.48. The van der Waals surface area contributed by atoms with Crippen LogP contribution in [0.2, 0.25) is 14.8 Å². The summed E-state index contributed by atoms with van der Waals surface area (Å²) in [7, 11) is 0. The fourth-order valence-electron chi connectivity index (χ4n) is 3.71. The normalized spacial score (nSPS) is 24.6. The van der Waals surface area contributed by atoms with Gasteiger partial charge in [-0.2, -0.15) is 0 Å². The third-order valence-corrected chi connectivity index (χ3v) is 12.9. The second-order valence-electron chi connectivity index (χ2n) is 6.84. The molecule has 20 heavy (non-hydrogen) atoms. The van der Waals surface area contributed by atoms with Crippen LogP contribution < -0.4 is 0 Å². The van der Waals surface area contributed by atoms with Crippen molar-refractivity contribution in [2.45, 2.75) is 33.1 Å². The molecule has 0 radical (unpaired) electrons. The molecule has 2 aromatic rings. The number of nitrogens with zero attached hydrogens (tertiary/aromatic N) is 2. The van der Waals surface area contributed by atoms with Crippen LogP contribution in [0.3, 0.4) is 0 Å². The first-order valence-electron chi connectivity index (χ1n) is 7.13. The molecule has 2 aliphatic carbocycles. The van der Waals surface area contributed by atoms with E-state index in [0.29, 0.717) is 11.8 Å². The standard InChI is InChI=1S/C13H8BrN2.3CH3.Sn/c14-9-6-7-5-8(9)13-12(7)15-10-3-1-2-4-11(10)16-13;;;;/h1-4,7-8H,5H2;3*1H3;/t7-,8+;;;;/m0..../s1. The summed E-state index contributed by atoms with van der Waals surface area (Å²) in [5.41, 5.74) is 4.55. The Morgan fingerprint density at radius 1 is 1.00 bits per heavy atom. The Labute approximate surface area is 131 Å². The van der Waals surface area contributed by atoms with Gasteiger partial charge in [-0.25, -0.2) is 0 Å². The number of rotatable bonds is 1. The van der Waals surface area contributed by atoms with Gasteiger partial charge in [0.2, 0.25) is 0 Å². The van der Waals surface area contributed by atoms with E-state index < -0.39 is 18.4 Å². The summed E-state index contributed by atoms with van der Waals surface area (Å²) in [6, 6.07) is 8.23. The topological polar surface area (TPSA) is 25.8 Å². The molecule has 0 spiro atoms. The summed E-state index contributed by atoms with van der Waals surface area (Å²) >= 11 is 1.82. The average Bonchev–Trinajstić information content (AvgIpc) is 2.90. The van der Waals surface area contributed by atoms with Crippen LogP contribution in [-0.4, -0.2) is 28.3 Å². The predicted octanol–water partition coefficient (Wildman–Crippen LogP) is 4.74. The third kappa shape index (κ3) is 1.75. The Morgan fingerprint density at radius 2 is 1.55 bits per heavy atom. The fourth-order valence-corrected chi connectivity index (χ4v) is 14.6. The zero-order valence-electron chi connectivity index (χ0n) is 11.9. The summed E-state index contributed by atoms with van der Waals surface area (Å²) in [5, 5.41) is 0. The second kappa shape index (κ2) is 4.29. The van der Waals surface area contributed by atoms with E-state index >= 15 is 0 Å². The van der Waals surface area contributed by atoms with Crippen molar-refractivity contribution in [2.24, 2.45) is 0 Å². The monoisotopic (exact) mass is 436 g/mol. The second-order valence-corrected chi connectivity index (χ2v) is 22.1. The molecule has 1 heterocycles. The zero-order valence-corrected chi connectivity index (χ0v) is 16.4. The molecule has 0 saturated carbocycles. The summed E-state index contributed by atoms with van der Waals surface area (Å²) in [6.45, 7) is 0.